The van der Waals surface area contributed by atoms with Crippen molar-refractivity contribution in [3.05, 3.63) is 33.8 Å². The van der Waals surface area contributed by atoms with Crippen molar-refractivity contribution < 1.29 is 4.79 Å². The molecule has 1 aromatic rings. The molecule has 1 aromatic carbocycles. The molecule has 1 fully saturated rings. The minimum Gasteiger partial charge on any atom is -0.338 e. The molecule has 1 atom stereocenters. The van der Waals surface area contributed by atoms with E-state index < -0.39 is 0 Å². The van der Waals surface area contributed by atoms with Gasteiger partial charge in [-0.2, -0.15) is 0 Å². The van der Waals surface area contributed by atoms with Crippen molar-refractivity contribution in [1.29, 1.82) is 0 Å². The molecule has 0 bridgehead atoms. The summed E-state index contributed by atoms with van der Waals surface area (Å²) in [5.74, 6) is 0.566. The van der Waals surface area contributed by atoms with Crippen LogP contribution >= 0.6 is 15.9 Å². The standard InChI is InChI=1S/C13H17BrN2O/c1-9-2-3-11(12(14)6-9)13(17)16-5-4-10(7-15)8-16/h2-3,6,10H,4-5,7-8,15H2,1H3. The molecule has 1 unspecified atom stereocenters. The fourth-order valence-corrected chi connectivity index (χ4v) is 2.84. The van der Waals surface area contributed by atoms with Crippen molar-refractivity contribution >= 4 is 21.8 Å². The predicted molar refractivity (Wildman–Crippen MR) is 71.9 cm³/mol. The van der Waals surface area contributed by atoms with Gasteiger partial charge in [-0.1, -0.05) is 6.07 Å². The third kappa shape index (κ3) is 2.69. The first-order valence-corrected chi connectivity index (χ1v) is 6.66. The number of halogens is 1. The molecule has 0 aliphatic carbocycles. The van der Waals surface area contributed by atoms with Crippen molar-refractivity contribution in [2.24, 2.45) is 11.7 Å². The van der Waals surface area contributed by atoms with Crippen molar-refractivity contribution in [1.82, 2.24) is 4.90 Å². The number of likely N-dealkylation sites (tertiary alicyclic amines) is 1. The lowest BCUT2D eigenvalue weighted by molar-refractivity contribution is 0.0787. The molecule has 0 aromatic heterocycles. The maximum atomic E-state index is 12.3. The van der Waals surface area contributed by atoms with Crippen LogP contribution in [-0.2, 0) is 0 Å². The highest BCUT2D eigenvalue weighted by molar-refractivity contribution is 9.10. The van der Waals surface area contributed by atoms with E-state index in [1.165, 1.54) is 0 Å². The summed E-state index contributed by atoms with van der Waals surface area (Å²) in [5.41, 5.74) is 7.53. The largest absolute Gasteiger partial charge is 0.338 e. The summed E-state index contributed by atoms with van der Waals surface area (Å²) in [7, 11) is 0. The van der Waals surface area contributed by atoms with Gasteiger partial charge in [0.05, 0.1) is 5.56 Å². The fraction of sp³-hybridized carbons (Fsp3) is 0.462. The van der Waals surface area contributed by atoms with Gasteiger partial charge in [-0.3, -0.25) is 4.79 Å². The van der Waals surface area contributed by atoms with E-state index in [0.29, 0.717) is 12.5 Å². The lowest BCUT2D eigenvalue weighted by Gasteiger charge is -2.17. The van der Waals surface area contributed by atoms with Crippen LogP contribution in [0.5, 0.6) is 0 Å². The van der Waals surface area contributed by atoms with Crippen molar-refractivity contribution in [3.63, 3.8) is 0 Å². The maximum absolute atomic E-state index is 12.3. The van der Waals surface area contributed by atoms with Gasteiger partial charge >= 0.3 is 0 Å². The van der Waals surface area contributed by atoms with E-state index in [2.05, 4.69) is 15.9 Å². The van der Waals surface area contributed by atoms with Crippen LogP contribution in [0.15, 0.2) is 22.7 Å². The molecule has 2 rings (SSSR count). The van der Waals surface area contributed by atoms with Gasteiger partial charge in [0.25, 0.3) is 5.91 Å². The maximum Gasteiger partial charge on any atom is 0.255 e. The monoisotopic (exact) mass is 296 g/mol. The van der Waals surface area contributed by atoms with Crippen LogP contribution in [0.4, 0.5) is 0 Å². The number of carbonyl (C=O) groups excluding carboxylic acids is 1. The van der Waals surface area contributed by atoms with Gasteiger partial charge in [0.15, 0.2) is 0 Å². The average molecular weight is 297 g/mol. The highest BCUT2D eigenvalue weighted by Gasteiger charge is 2.26. The second-order valence-electron chi connectivity index (χ2n) is 4.62. The van der Waals surface area contributed by atoms with E-state index in [1.54, 1.807) is 0 Å². The summed E-state index contributed by atoms with van der Waals surface area (Å²) >= 11 is 3.45. The summed E-state index contributed by atoms with van der Waals surface area (Å²) in [6.07, 6.45) is 1.02. The first-order valence-electron chi connectivity index (χ1n) is 5.87. The van der Waals surface area contributed by atoms with E-state index in [4.69, 9.17) is 5.73 Å². The van der Waals surface area contributed by atoms with Gasteiger partial charge in [0, 0.05) is 17.6 Å². The predicted octanol–water partition coefficient (Wildman–Crippen LogP) is 2.18. The van der Waals surface area contributed by atoms with Crippen molar-refractivity contribution in [2.45, 2.75) is 13.3 Å². The Morgan fingerprint density at radius 1 is 1.59 bits per heavy atom. The summed E-state index contributed by atoms with van der Waals surface area (Å²) in [6, 6.07) is 5.83. The Morgan fingerprint density at radius 3 is 2.94 bits per heavy atom. The number of hydrogen-bond acceptors (Lipinski definition) is 2. The number of hydrogen-bond donors (Lipinski definition) is 1. The van der Waals surface area contributed by atoms with Crippen LogP contribution in [-0.4, -0.2) is 30.4 Å². The van der Waals surface area contributed by atoms with Crippen LogP contribution < -0.4 is 5.73 Å². The van der Waals surface area contributed by atoms with Crippen LogP contribution in [0, 0.1) is 12.8 Å². The minimum absolute atomic E-state index is 0.104. The van der Waals surface area contributed by atoms with E-state index >= 15 is 0 Å². The van der Waals surface area contributed by atoms with E-state index in [9.17, 15) is 4.79 Å². The molecule has 1 aliphatic heterocycles. The van der Waals surface area contributed by atoms with E-state index in [0.717, 1.165) is 35.1 Å². The zero-order valence-electron chi connectivity index (χ0n) is 9.95. The number of nitrogens with zero attached hydrogens (tertiary/aromatic N) is 1. The smallest absolute Gasteiger partial charge is 0.255 e. The fourth-order valence-electron chi connectivity index (χ4n) is 2.17. The van der Waals surface area contributed by atoms with Crippen LogP contribution in [0.3, 0.4) is 0 Å². The Bertz CT molecular complexity index is 433. The Balaban J connectivity index is 2.15. The zero-order chi connectivity index (χ0) is 12.4. The van der Waals surface area contributed by atoms with Gasteiger partial charge in [-0.05, 0) is 59.4 Å². The number of carbonyl (C=O) groups is 1. The highest BCUT2D eigenvalue weighted by Crippen LogP contribution is 2.23. The highest BCUT2D eigenvalue weighted by atomic mass is 79.9. The van der Waals surface area contributed by atoms with E-state index in [-0.39, 0.29) is 5.91 Å². The molecule has 92 valence electrons. The van der Waals surface area contributed by atoms with Gasteiger partial charge in [0.2, 0.25) is 0 Å². The second kappa shape index (κ2) is 5.19. The molecule has 1 aliphatic rings. The van der Waals surface area contributed by atoms with Crippen molar-refractivity contribution in [3.8, 4) is 0 Å². The van der Waals surface area contributed by atoms with Crippen LogP contribution in [0.2, 0.25) is 0 Å². The molecule has 2 N–H and O–H groups in total. The minimum atomic E-state index is 0.104. The third-order valence-corrected chi connectivity index (χ3v) is 3.92. The molecule has 0 radical (unpaired) electrons. The zero-order valence-corrected chi connectivity index (χ0v) is 11.5. The Labute approximate surface area is 110 Å². The number of benzene rings is 1. The molecule has 17 heavy (non-hydrogen) atoms. The number of rotatable bonds is 2. The Hall–Kier alpha value is -0.870. The molecule has 4 heteroatoms. The summed E-state index contributed by atoms with van der Waals surface area (Å²) in [5, 5.41) is 0. The Morgan fingerprint density at radius 2 is 2.35 bits per heavy atom. The second-order valence-corrected chi connectivity index (χ2v) is 5.48. The quantitative estimate of drug-likeness (QED) is 0.909. The first-order chi connectivity index (χ1) is 8.11. The number of amides is 1. The lowest BCUT2D eigenvalue weighted by Crippen LogP contribution is -2.30. The molecule has 1 amide bonds. The molecule has 0 saturated carbocycles. The molecular weight excluding hydrogens is 280 g/mol. The number of nitrogens with two attached hydrogens (primary N) is 1. The third-order valence-electron chi connectivity index (χ3n) is 3.26. The van der Waals surface area contributed by atoms with Gasteiger partial charge in [-0.15, -0.1) is 0 Å². The van der Waals surface area contributed by atoms with Crippen LogP contribution in [0.25, 0.3) is 0 Å². The molecule has 1 saturated heterocycles. The molecule has 0 spiro atoms. The number of aryl methyl sites for hydroxylation is 1. The topological polar surface area (TPSA) is 46.3 Å². The Kier molecular flexibility index (Phi) is 3.84. The SMILES string of the molecule is Cc1ccc(C(=O)N2CCC(CN)C2)c(Br)c1. The normalized spacial score (nSPS) is 19.7. The average Bonchev–Trinajstić information content (AvgIpc) is 2.76. The first kappa shape index (κ1) is 12.6. The van der Waals surface area contributed by atoms with Crippen molar-refractivity contribution in [2.75, 3.05) is 19.6 Å². The summed E-state index contributed by atoms with van der Waals surface area (Å²) < 4.78 is 0.874. The van der Waals surface area contributed by atoms with Gasteiger partial charge in [0.1, 0.15) is 0 Å². The van der Waals surface area contributed by atoms with Crippen LogP contribution in [0.1, 0.15) is 22.3 Å². The molecule has 3 nitrogen and oxygen atoms in total. The van der Waals surface area contributed by atoms with E-state index in [1.807, 2.05) is 30.0 Å². The van der Waals surface area contributed by atoms with Gasteiger partial charge < -0.3 is 10.6 Å². The summed E-state index contributed by atoms with van der Waals surface area (Å²) in [4.78, 5) is 14.2. The molecule has 1 heterocycles. The van der Waals surface area contributed by atoms with Gasteiger partial charge in [-0.25, -0.2) is 0 Å². The summed E-state index contributed by atoms with van der Waals surface area (Å²) in [6.45, 7) is 4.29. The lowest BCUT2D eigenvalue weighted by atomic mass is 10.1. The molecular formula is C13H17BrN2O.